The third-order valence-electron chi connectivity index (χ3n) is 3.23. The summed E-state index contributed by atoms with van der Waals surface area (Å²) in [6.45, 7) is 2.53. The second-order valence-corrected chi connectivity index (χ2v) is 5.07. The van der Waals surface area contributed by atoms with Crippen LogP contribution in [0.25, 0.3) is 0 Å². The van der Waals surface area contributed by atoms with Gasteiger partial charge in [0.05, 0.1) is 6.04 Å². The van der Waals surface area contributed by atoms with Crippen molar-refractivity contribution in [3.05, 3.63) is 65.5 Å². The molecule has 0 radical (unpaired) electrons. The predicted octanol–water partition coefficient (Wildman–Crippen LogP) is 2.37. The molecule has 0 aliphatic heterocycles. The number of nitrogens with two attached hydrogens (primary N) is 1. The molecule has 1 atom stereocenters. The first-order valence-electron chi connectivity index (χ1n) is 7.03. The zero-order valence-electron chi connectivity index (χ0n) is 12.4. The number of nitrogens with one attached hydrogen (secondary N) is 1. The molecule has 5 heteroatoms. The number of hydrogen-bond donors (Lipinski definition) is 2. The molecule has 0 fully saturated rings. The third kappa shape index (κ3) is 4.86. The molecule has 0 unspecified atom stereocenters. The number of hydrogen-bond acceptors (Lipinski definition) is 3. The quantitative estimate of drug-likeness (QED) is 0.825. The highest BCUT2D eigenvalue weighted by Crippen LogP contribution is 2.15. The molecule has 2 aromatic rings. The minimum absolute atomic E-state index is 0.278. The van der Waals surface area contributed by atoms with Crippen LogP contribution < -0.4 is 15.8 Å². The van der Waals surface area contributed by atoms with Crippen LogP contribution in [0.4, 0.5) is 4.39 Å². The van der Waals surface area contributed by atoms with Crippen LogP contribution in [0.5, 0.6) is 5.75 Å². The van der Waals surface area contributed by atoms with Crippen molar-refractivity contribution in [3.63, 3.8) is 0 Å². The van der Waals surface area contributed by atoms with E-state index in [2.05, 4.69) is 5.32 Å². The number of amides is 1. The average molecular weight is 302 g/mol. The van der Waals surface area contributed by atoms with Crippen LogP contribution in [-0.2, 0) is 17.9 Å². The van der Waals surface area contributed by atoms with Crippen LogP contribution in [0, 0.1) is 5.82 Å². The number of primary amides is 1. The van der Waals surface area contributed by atoms with E-state index < -0.39 is 11.9 Å². The number of benzene rings is 2. The van der Waals surface area contributed by atoms with Gasteiger partial charge in [-0.25, -0.2) is 4.39 Å². The maximum Gasteiger partial charge on any atom is 0.234 e. The Morgan fingerprint density at radius 2 is 1.95 bits per heavy atom. The van der Waals surface area contributed by atoms with E-state index in [1.165, 1.54) is 12.1 Å². The fourth-order valence-electron chi connectivity index (χ4n) is 1.91. The van der Waals surface area contributed by atoms with Gasteiger partial charge in [0, 0.05) is 6.54 Å². The van der Waals surface area contributed by atoms with Crippen molar-refractivity contribution in [2.24, 2.45) is 5.73 Å². The van der Waals surface area contributed by atoms with Crippen LogP contribution in [0.15, 0.2) is 48.5 Å². The van der Waals surface area contributed by atoms with Gasteiger partial charge in [-0.2, -0.15) is 0 Å². The number of halogens is 1. The van der Waals surface area contributed by atoms with Gasteiger partial charge in [0.15, 0.2) is 0 Å². The Hall–Kier alpha value is -2.40. The smallest absolute Gasteiger partial charge is 0.234 e. The minimum Gasteiger partial charge on any atom is -0.489 e. The van der Waals surface area contributed by atoms with Gasteiger partial charge in [0.2, 0.25) is 5.91 Å². The fourth-order valence-corrected chi connectivity index (χ4v) is 1.91. The van der Waals surface area contributed by atoms with Crippen molar-refractivity contribution >= 4 is 5.91 Å². The molecule has 2 aromatic carbocycles. The van der Waals surface area contributed by atoms with E-state index in [0.29, 0.717) is 18.9 Å². The molecule has 0 aliphatic carbocycles. The van der Waals surface area contributed by atoms with E-state index in [-0.39, 0.29) is 5.82 Å². The first kappa shape index (κ1) is 16.0. The van der Waals surface area contributed by atoms with E-state index in [1.807, 2.05) is 30.3 Å². The SMILES string of the molecule is C[C@H](NCc1cccc(OCc2cccc(F)c2)c1)C(N)=O. The highest BCUT2D eigenvalue weighted by Gasteiger charge is 2.07. The molecular formula is C17H19FN2O2. The molecule has 0 heterocycles. The topological polar surface area (TPSA) is 64.3 Å². The Kier molecular flexibility index (Phi) is 5.49. The monoisotopic (exact) mass is 302 g/mol. The summed E-state index contributed by atoms with van der Waals surface area (Å²) in [5, 5.41) is 3.03. The highest BCUT2D eigenvalue weighted by atomic mass is 19.1. The number of carbonyl (C=O) groups is 1. The van der Waals surface area contributed by atoms with Gasteiger partial charge >= 0.3 is 0 Å². The molecule has 0 saturated heterocycles. The molecule has 116 valence electrons. The third-order valence-corrected chi connectivity index (χ3v) is 3.23. The summed E-state index contributed by atoms with van der Waals surface area (Å²) < 4.78 is 18.8. The summed E-state index contributed by atoms with van der Waals surface area (Å²) in [5.74, 6) is 0.0216. The molecule has 0 bridgehead atoms. The van der Waals surface area contributed by atoms with E-state index in [1.54, 1.807) is 13.0 Å². The lowest BCUT2D eigenvalue weighted by Gasteiger charge is -2.11. The molecule has 4 nitrogen and oxygen atoms in total. The molecule has 1 amide bonds. The molecule has 0 spiro atoms. The maximum absolute atomic E-state index is 13.1. The summed E-state index contributed by atoms with van der Waals surface area (Å²) in [5.41, 5.74) is 6.94. The summed E-state index contributed by atoms with van der Waals surface area (Å²) >= 11 is 0. The number of carbonyl (C=O) groups excluding carboxylic acids is 1. The van der Waals surface area contributed by atoms with Crippen molar-refractivity contribution in [2.75, 3.05) is 0 Å². The summed E-state index contributed by atoms with van der Waals surface area (Å²) in [4.78, 5) is 11.0. The summed E-state index contributed by atoms with van der Waals surface area (Å²) in [6, 6.07) is 13.4. The largest absolute Gasteiger partial charge is 0.489 e. The zero-order chi connectivity index (χ0) is 15.9. The lowest BCUT2D eigenvalue weighted by molar-refractivity contribution is -0.119. The first-order chi connectivity index (χ1) is 10.5. The molecule has 0 saturated carbocycles. The zero-order valence-corrected chi connectivity index (χ0v) is 12.4. The predicted molar refractivity (Wildman–Crippen MR) is 82.7 cm³/mol. The van der Waals surface area contributed by atoms with Crippen molar-refractivity contribution in [1.82, 2.24) is 5.32 Å². The Morgan fingerprint density at radius 3 is 2.68 bits per heavy atom. The fraction of sp³-hybridized carbons (Fsp3) is 0.235. The Labute approximate surface area is 129 Å². The van der Waals surface area contributed by atoms with E-state index in [9.17, 15) is 9.18 Å². The summed E-state index contributed by atoms with van der Waals surface area (Å²) in [6.07, 6.45) is 0. The second-order valence-electron chi connectivity index (χ2n) is 5.07. The van der Waals surface area contributed by atoms with E-state index in [4.69, 9.17) is 10.5 Å². The number of ether oxygens (including phenoxy) is 1. The number of rotatable bonds is 7. The summed E-state index contributed by atoms with van der Waals surface area (Å²) in [7, 11) is 0. The second kappa shape index (κ2) is 7.56. The van der Waals surface area contributed by atoms with Crippen LogP contribution in [0.2, 0.25) is 0 Å². The molecule has 0 aliphatic rings. The Bertz CT molecular complexity index is 646. The highest BCUT2D eigenvalue weighted by molar-refractivity contribution is 5.79. The lowest BCUT2D eigenvalue weighted by Crippen LogP contribution is -2.38. The Morgan fingerprint density at radius 1 is 1.23 bits per heavy atom. The normalized spacial score (nSPS) is 11.9. The van der Waals surface area contributed by atoms with Crippen molar-refractivity contribution in [1.29, 1.82) is 0 Å². The van der Waals surface area contributed by atoms with Gasteiger partial charge in [-0.1, -0.05) is 24.3 Å². The maximum atomic E-state index is 13.1. The van der Waals surface area contributed by atoms with Crippen LogP contribution in [0.3, 0.4) is 0 Å². The van der Waals surface area contributed by atoms with Crippen molar-refractivity contribution in [2.45, 2.75) is 26.1 Å². The van der Waals surface area contributed by atoms with E-state index >= 15 is 0 Å². The standard InChI is InChI=1S/C17H19FN2O2/c1-12(17(19)21)20-10-13-4-3-7-16(9-13)22-11-14-5-2-6-15(18)8-14/h2-9,12,20H,10-11H2,1H3,(H2,19,21)/t12-/m0/s1. The van der Waals surface area contributed by atoms with Gasteiger partial charge in [0.25, 0.3) is 0 Å². The molecular weight excluding hydrogens is 283 g/mol. The van der Waals surface area contributed by atoms with Crippen molar-refractivity contribution < 1.29 is 13.9 Å². The first-order valence-corrected chi connectivity index (χ1v) is 7.03. The van der Waals surface area contributed by atoms with Gasteiger partial charge in [-0.15, -0.1) is 0 Å². The van der Waals surface area contributed by atoms with Crippen LogP contribution >= 0.6 is 0 Å². The van der Waals surface area contributed by atoms with Gasteiger partial charge in [-0.05, 0) is 42.3 Å². The van der Waals surface area contributed by atoms with Crippen LogP contribution in [0.1, 0.15) is 18.1 Å². The van der Waals surface area contributed by atoms with Gasteiger partial charge in [-0.3, -0.25) is 4.79 Å². The van der Waals surface area contributed by atoms with E-state index in [0.717, 1.165) is 11.1 Å². The molecule has 0 aromatic heterocycles. The van der Waals surface area contributed by atoms with Gasteiger partial charge < -0.3 is 15.8 Å². The van der Waals surface area contributed by atoms with Gasteiger partial charge in [0.1, 0.15) is 18.2 Å². The molecule has 22 heavy (non-hydrogen) atoms. The van der Waals surface area contributed by atoms with Crippen molar-refractivity contribution in [3.8, 4) is 5.75 Å². The molecule has 3 N–H and O–H groups in total. The average Bonchev–Trinajstić information content (AvgIpc) is 2.51. The van der Waals surface area contributed by atoms with Crippen LogP contribution in [-0.4, -0.2) is 11.9 Å². The molecule has 2 rings (SSSR count). The Balaban J connectivity index is 1.92. The lowest BCUT2D eigenvalue weighted by atomic mass is 10.2. The minimum atomic E-state index is -0.392.